The molecule has 3 aliphatic rings. The van der Waals surface area contributed by atoms with E-state index in [-0.39, 0.29) is 0 Å². The number of nitrogens with two attached hydrogens (primary N) is 1. The molecular formula is C16H24N2O. The summed E-state index contributed by atoms with van der Waals surface area (Å²) in [5.74, 6) is 1.71. The zero-order chi connectivity index (χ0) is 13.2. The predicted octanol–water partition coefficient (Wildman–Crippen LogP) is 2.40. The van der Waals surface area contributed by atoms with E-state index in [1.54, 1.807) is 0 Å². The van der Waals surface area contributed by atoms with E-state index in [1.165, 1.54) is 32.4 Å². The molecule has 2 heterocycles. The zero-order valence-corrected chi connectivity index (χ0v) is 11.7. The number of hydrogen-bond acceptors (Lipinski definition) is 3. The number of hydrogen-bond donors (Lipinski definition) is 1. The van der Waals surface area contributed by atoms with Crippen LogP contribution in [0.5, 0.6) is 5.75 Å². The van der Waals surface area contributed by atoms with Gasteiger partial charge < -0.3 is 15.4 Å². The Labute approximate surface area is 115 Å². The second kappa shape index (κ2) is 5.51. The molecule has 1 aromatic rings. The first kappa shape index (κ1) is 12.9. The zero-order valence-electron chi connectivity index (χ0n) is 11.7. The minimum Gasteiger partial charge on any atom is -0.490 e. The standard InChI is InChI=1S/C16H24N2O/c1-2-18-11-13-5-6-14(18)9-16(13)19-15-7-3-12(10-17)4-8-15/h3-4,7-8,13-14,16H,2,5-6,9-11,17H2,1H3. The van der Waals surface area contributed by atoms with E-state index in [4.69, 9.17) is 10.5 Å². The average Bonchev–Trinajstić information content (AvgIpc) is 2.48. The lowest BCUT2D eigenvalue weighted by molar-refractivity contribution is -0.0343. The highest BCUT2D eigenvalue weighted by atomic mass is 16.5. The van der Waals surface area contributed by atoms with Crippen molar-refractivity contribution >= 4 is 0 Å². The van der Waals surface area contributed by atoms with Crippen LogP contribution in [0.25, 0.3) is 0 Å². The molecule has 19 heavy (non-hydrogen) atoms. The lowest BCUT2D eigenvalue weighted by Gasteiger charge is -2.48. The topological polar surface area (TPSA) is 38.5 Å². The van der Waals surface area contributed by atoms with Crippen LogP contribution in [0.2, 0.25) is 0 Å². The van der Waals surface area contributed by atoms with Crippen LogP contribution in [0.3, 0.4) is 0 Å². The van der Waals surface area contributed by atoms with E-state index in [1.807, 2.05) is 0 Å². The molecular weight excluding hydrogens is 236 g/mol. The Morgan fingerprint density at radius 3 is 2.63 bits per heavy atom. The lowest BCUT2D eigenvalue weighted by Crippen LogP contribution is -2.55. The predicted molar refractivity (Wildman–Crippen MR) is 77.1 cm³/mol. The number of nitrogens with zero attached hydrogens (tertiary/aromatic N) is 1. The van der Waals surface area contributed by atoms with Gasteiger partial charge in [0.25, 0.3) is 0 Å². The molecule has 0 amide bonds. The van der Waals surface area contributed by atoms with Crippen LogP contribution in [0.4, 0.5) is 0 Å². The number of fused-ring (bicyclic) bond motifs is 3. The van der Waals surface area contributed by atoms with Gasteiger partial charge in [0.1, 0.15) is 11.9 Å². The summed E-state index contributed by atoms with van der Waals surface area (Å²) < 4.78 is 6.21. The van der Waals surface area contributed by atoms with Crippen LogP contribution in [0.15, 0.2) is 24.3 Å². The van der Waals surface area contributed by atoms with Gasteiger partial charge in [0, 0.05) is 31.5 Å². The molecule has 1 aliphatic carbocycles. The van der Waals surface area contributed by atoms with E-state index in [0.29, 0.717) is 18.6 Å². The van der Waals surface area contributed by atoms with Gasteiger partial charge in [0.15, 0.2) is 0 Å². The van der Waals surface area contributed by atoms with Crippen molar-refractivity contribution in [3.05, 3.63) is 29.8 Å². The summed E-state index contributed by atoms with van der Waals surface area (Å²) in [6.45, 7) is 5.26. The summed E-state index contributed by atoms with van der Waals surface area (Å²) in [7, 11) is 0. The van der Waals surface area contributed by atoms with E-state index in [9.17, 15) is 0 Å². The van der Waals surface area contributed by atoms with Crippen LogP contribution in [0, 0.1) is 5.92 Å². The SMILES string of the molecule is CCN1CC2CCC1CC2Oc1ccc(CN)cc1. The van der Waals surface area contributed by atoms with Crippen LogP contribution < -0.4 is 10.5 Å². The Bertz CT molecular complexity index is 417. The summed E-state index contributed by atoms with van der Waals surface area (Å²) >= 11 is 0. The fourth-order valence-electron chi connectivity index (χ4n) is 3.57. The Morgan fingerprint density at radius 2 is 2.05 bits per heavy atom. The molecule has 2 N–H and O–H groups in total. The molecule has 1 saturated carbocycles. The summed E-state index contributed by atoms with van der Waals surface area (Å²) in [5.41, 5.74) is 6.78. The van der Waals surface area contributed by atoms with Gasteiger partial charge >= 0.3 is 0 Å². The second-order valence-corrected chi connectivity index (χ2v) is 5.82. The molecule has 3 unspecified atom stereocenters. The Morgan fingerprint density at radius 1 is 1.26 bits per heavy atom. The highest BCUT2D eigenvalue weighted by Gasteiger charge is 2.40. The quantitative estimate of drug-likeness (QED) is 0.903. The summed E-state index contributed by atoms with van der Waals surface area (Å²) in [4.78, 5) is 2.62. The maximum atomic E-state index is 6.21. The van der Waals surface area contributed by atoms with E-state index in [0.717, 1.165) is 17.4 Å². The molecule has 0 spiro atoms. The van der Waals surface area contributed by atoms with Crippen molar-refractivity contribution < 1.29 is 4.74 Å². The summed E-state index contributed by atoms with van der Waals surface area (Å²) in [6, 6.07) is 8.98. The van der Waals surface area contributed by atoms with Crippen molar-refractivity contribution in [3.63, 3.8) is 0 Å². The average molecular weight is 260 g/mol. The van der Waals surface area contributed by atoms with Crippen molar-refractivity contribution in [2.45, 2.75) is 44.9 Å². The lowest BCUT2D eigenvalue weighted by atomic mass is 9.77. The number of ether oxygens (including phenoxy) is 1. The van der Waals surface area contributed by atoms with Gasteiger partial charge in [-0.05, 0) is 37.1 Å². The second-order valence-electron chi connectivity index (χ2n) is 5.82. The summed E-state index contributed by atoms with van der Waals surface area (Å²) in [5, 5.41) is 0. The van der Waals surface area contributed by atoms with Gasteiger partial charge in [-0.2, -0.15) is 0 Å². The molecule has 4 rings (SSSR count). The van der Waals surface area contributed by atoms with Crippen molar-refractivity contribution in [2.24, 2.45) is 11.7 Å². The molecule has 3 fully saturated rings. The third-order valence-corrected chi connectivity index (χ3v) is 4.74. The first-order chi connectivity index (χ1) is 9.30. The largest absolute Gasteiger partial charge is 0.490 e. The molecule has 1 aromatic carbocycles. The third-order valence-electron chi connectivity index (χ3n) is 4.74. The number of rotatable bonds is 4. The van der Waals surface area contributed by atoms with Crippen molar-refractivity contribution in [2.75, 3.05) is 13.1 Å². The maximum Gasteiger partial charge on any atom is 0.119 e. The van der Waals surface area contributed by atoms with Gasteiger partial charge in [0.2, 0.25) is 0 Å². The number of benzene rings is 1. The van der Waals surface area contributed by atoms with Crippen LogP contribution in [-0.4, -0.2) is 30.1 Å². The van der Waals surface area contributed by atoms with Crippen molar-refractivity contribution in [1.82, 2.24) is 4.90 Å². The highest BCUT2D eigenvalue weighted by Crippen LogP contribution is 2.37. The Balaban J connectivity index is 1.64. The minimum atomic E-state index is 0.408. The fraction of sp³-hybridized carbons (Fsp3) is 0.625. The molecule has 2 saturated heterocycles. The molecule has 3 heteroatoms. The Hall–Kier alpha value is -1.06. The molecule has 2 bridgehead atoms. The van der Waals surface area contributed by atoms with E-state index in [2.05, 4.69) is 36.1 Å². The molecule has 0 radical (unpaired) electrons. The Kier molecular flexibility index (Phi) is 3.76. The van der Waals surface area contributed by atoms with Crippen molar-refractivity contribution in [3.8, 4) is 5.75 Å². The highest BCUT2D eigenvalue weighted by molar-refractivity contribution is 5.27. The maximum absolute atomic E-state index is 6.21. The minimum absolute atomic E-state index is 0.408. The van der Waals surface area contributed by atoms with Gasteiger partial charge in [-0.1, -0.05) is 19.1 Å². The van der Waals surface area contributed by atoms with Gasteiger partial charge in [-0.15, -0.1) is 0 Å². The molecule has 104 valence electrons. The first-order valence-electron chi connectivity index (χ1n) is 7.50. The molecule has 3 nitrogen and oxygen atoms in total. The van der Waals surface area contributed by atoms with Crippen LogP contribution in [-0.2, 0) is 6.54 Å². The third kappa shape index (κ3) is 2.63. The van der Waals surface area contributed by atoms with Crippen molar-refractivity contribution in [1.29, 1.82) is 0 Å². The van der Waals surface area contributed by atoms with Gasteiger partial charge in [-0.3, -0.25) is 0 Å². The fourth-order valence-corrected chi connectivity index (χ4v) is 3.57. The summed E-state index contributed by atoms with van der Waals surface area (Å²) in [6.07, 6.45) is 4.28. The van der Waals surface area contributed by atoms with Gasteiger partial charge in [-0.25, -0.2) is 0 Å². The van der Waals surface area contributed by atoms with Crippen LogP contribution >= 0.6 is 0 Å². The molecule has 0 aromatic heterocycles. The monoisotopic (exact) mass is 260 g/mol. The molecule has 2 aliphatic heterocycles. The van der Waals surface area contributed by atoms with E-state index >= 15 is 0 Å². The normalized spacial score (nSPS) is 30.5. The van der Waals surface area contributed by atoms with E-state index < -0.39 is 0 Å². The van der Waals surface area contributed by atoms with Gasteiger partial charge in [0.05, 0.1) is 0 Å². The smallest absolute Gasteiger partial charge is 0.119 e. The number of piperidine rings is 2. The first-order valence-corrected chi connectivity index (χ1v) is 7.50. The molecule has 3 atom stereocenters. The van der Waals surface area contributed by atoms with Crippen LogP contribution in [0.1, 0.15) is 31.7 Å².